The lowest BCUT2D eigenvalue weighted by Crippen LogP contribution is -2.47. The van der Waals surface area contributed by atoms with Crippen molar-refractivity contribution < 1.29 is 34.1 Å². The number of benzene rings is 3. The fraction of sp³-hybridized carbons (Fsp3) is 0.344. The Morgan fingerprint density at radius 3 is 2.24 bits per heavy atom. The van der Waals surface area contributed by atoms with Crippen LogP contribution in [0.3, 0.4) is 0 Å². The van der Waals surface area contributed by atoms with Gasteiger partial charge in [-0.2, -0.15) is 0 Å². The van der Waals surface area contributed by atoms with Crippen LogP contribution in [-0.4, -0.2) is 77.7 Å². The molecule has 216 valence electrons. The zero-order valence-corrected chi connectivity index (χ0v) is 23.3. The Balaban J connectivity index is 1.59. The van der Waals surface area contributed by atoms with Gasteiger partial charge in [0, 0.05) is 50.1 Å². The molecule has 1 aliphatic heterocycles. The van der Waals surface area contributed by atoms with Crippen molar-refractivity contribution in [2.24, 2.45) is 0 Å². The van der Waals surface area contributed by atoms with Crippen LogP contribution in [-0.2, 0) is 22.6 Å². The SMILES string of the molecule is CN1CCN(C(=O)c2cc(OCc3cccc(OCCCC(=O)O)c3CCC(=O)O)cc(-c3ccccc3)c2)CC1. The molecule has 3 aromatic carbocycles. The zero-order valence-electron chi connectivity index (χ0n) is 23.3. The number of carboxylic acid groups (broad SMARTS) is 2. The highest BCUT2D eigenvalue weighted by molar-refractivity contribution is 5.96. The van der Waals surface area contributed by atoms with E-state index in [9.17, 15) is 19.5 Å². The van der Waals surface area contributed by atoms with E-state index in [-0.39, 0.29) is 38.4 Å². The minimum absolute atomic E-state index is 0.0137. The van der Waals surface area contributed by atoms with E-state index in [1.165, 1.54) is 0 Å². The number of rotatable bonds is 13. The summed E-state index contributed by atoms with van der Waals surface area (Å²) in [6.45, 7) is 3.30. The first-order chi connectivity index (χ1) is 19.8. The van der Waals surface area contributed by atoms with Crippen molar-refractivity contribution in [1.29, 1.82) is 0 Å². The van der Waals surface area contributed by atoms with Crippen LogP contribution in [0.2, 0.25) is 0 Å². The number of carbonyl (C=O) groups excluding carboxylic acids is 1. The van der Waals surface area contributed by atoms with Gasteiger partial charge in [-0.25, -0.2) is 0 Å². The minimum Gasteiger partial charge on any atom is -0.493 e. The summed E-state index contributed by atoms with van der Waals surface area (Å²) in [4.78, 5) is 39.7. The first-order valence-electron chi connectivity index (χ1n) is 13.8. The number of ether oxygens (including phenoxy) is 2. The third kappa shape index (κ3) is 8.56. The molecule has 1 saturated heterocycles. The fourth-order valence-electron chi connectivity index (χ4n) is 4.76. The van der Waals surface area contributed by atoms with Crippen molar-refractivity contribution >= 4 is 17.8 Å². The van der Waals surface area contributed by atoms with E-state index in [4.69, 9.17) is 14.6 Å². The molecule has 1 aliphatic rings. The summed E-state index contributed by atoms with van der Waals surface area (Å²) in [7, 11) is 2.05. The summed E-state index contributed by atoms with van der Waals surface area (Å²) in [5.41, 5.74) is 3.84. The Labute approximate surface area is 239 Å². The molecule has 1 amide bonds. The van der Waals surface area contributed by atoms with Crippen LogP contribution in [0, 0.1) is 0 Å². The van der Waals surface area contributed by atoms with Gasteiger partial charge >= 0.3 is 11.9 Å². The molecule has 9 heteroatoms. The van der Waals surface area contributed by atoms with Crippen LogP contribution in [0.4, 0.5) is 0 Å². The highest BCUT2D eigenvalue weighted by Crippen LogP contribution is 2.30. The number of hydrogen-bond donors (Lipinski definition) is 2. The van der Waals surface area contributed by atoms with Gasteiger partial charge in [0.1, 0.15) is 18.1 Å². The zero-order chi connectivity index (χ0) is 29.2. The van der Waals surface area contributed by atoms with Crippen LogP contribution in [0.15, 0.2) is 66.7 Å². The van der Waals surface area contributed by atoms with Gasteiger partial charge in [-0.3, -0.25) is 14.4 Å². The van der Waals surface area contributed by atoms with Crippen LogP contribution in [0.5, 0.6) is 11.5 Å². The van der Waals surface area contributed by atoms with E-state index >= 15 is 0 Å². The largest absolute Gasteiger partial charge is 0.493 e. The van der Waals surface area contributed by atoms with Crippen molar-refractivity contribution in [2.75, 3.05) is 39.8 Å². The lowest BCUT2D eigenvalue weighted by atomic mass is 10.0. The average molecular weight is 561 g/mol. The predicted octanol–water partition coefficient (Wildman–Crippen LogP) is 4.58. The molecule has 0 aromatic heterocycles. The molecular formula is C32H36N2O7. The number of aliphatic carboxylic acids is 2. The molecule has 1 fully saturated rings. The lowest BCUT2D eigenvalue weighted by molar-refractivity contribution is -0.138. The number of hydrogen-bond acceptors (Lipinski definition) is 6. The number of nitrogens with zero attached hydrogens (tertiary/aromatic N) is 2. The van der Waals surface area contributed by atoms with Gasteiger partial charge in [-0.05, 0) is 60.8 Å². The minimum atomic E-state index is -0.930. The Morgan fingerprint density at radius 2 is 1.54 bits per heavy atom. The second kappa shape index (κ2) is 14.3. The standard InChI is InChI=1S/C32H36N2O7/c1-33-14-16-34(17-15-33)32(39)26-19-25(23-7-3-2-4-8-23)20-27(21-26)41-22-24-9-5-10-29(28(24)12-13-31(37)38)40-18-6-11-30(35)36/h2-5,7-10,19-21H,6,11-18,22H2,1H3,(H,35,36)(H,37,38). The van der Waals surface area contributed by atoms with Gasteiger partial charge in [0.15, 0.2) is 0 Å². The maximum atomic E-state index is 13.5. The van der Waals surface area contributed by atoms with Crippen molar-refractivity contribution in [1.82, 2.24) is 9.80 Å². The molecule has 9 nitrogen and oxygen atoms in total. The molecule has 0 radical (unpaired) electrons. The Morgan fingerprint density at radius 1 is 0.805 bits per heavy atom. The topological polar surface area (TPSA) is 117 Å². The smallest absolute Gasteiger partial charge is 0.303 e. The molecule has 4 rings (SSSR count). The molecule has 0 unspecified atom stereocenters. The number of carboxylic acids is 2. The van der Waals surface area contributed by atoms with Gasteiger partial charge in [0.05, 0.1) is 6.61 Å². The first-order valence-corrected chi connectivity index (χ1v) is 13.8. The lowest BCUT2D eigenvalue weighted by Gasteiger charge is -2.32. The fourth-order valence-corrected chi connectivity index (χ4v) is 4.76. The normalized spacial score (nSPS) is 13.5. The Kier molecular flexibility index (Phi) is 10.3. The summed E-state index contributed by atoms with van der Waals surface area (Å²) in [5, 5.41) is 18.2. The highest BCUT2D eigenvalue weighted by Gasteiger charge is 2.22. The number of amides is 1. The van der Waals surface area contributed by atoms with Crippen molar-refractivity contribution in [2.45, 2.75) is 32.3 Å². The number of carbonyl (C=O) groups is 3. The second-order valence-electron chi connectivity index (χ2n) is 10.1. The summed E-state index contributed by atoms with van der Waals surface area (Å²) in [5.74, 6) is -0.827. The van der Waals surface area contributed by atoms with Crippen LogP contribution in [0.25, 0.3) is 11.1 Å². The molecule has 0 saturated carbocycles. The molecule has 2 N–H and O–H groups in total. The maximum Gasteiger partial charge on any atom is 0.303 e. The maximum absolute atomic E-state index is 13.5. The van der Waals surface area contributed by atoms with Gasteiger partial charge in [-0.1, -0.05) is 42.5 Å². The van der Waals surface area contributed by atoms with E-state index in [0.717, 1.165) is 29.8 Å². The average Bonchev–Trinajstić information content (AvgIpc) is 2.97. The highest BCUT2D eigenvalue weighted by atomic mass is 16.5. The van der Waals surface area contributed by atoms with Crippen molar-refractivity contribution in [3.05, 3.63) is 83.4 Å². The van der Waals surface area contributed by atoms with Crippen LogP contribution < -0.4 is 9.47 Å². The van der Waals surface area contributed by atoms with Gasteiger partial charge in [-0.15, -0.1) is 0 Å². The third-order valence-corrected chi connectivity index (χ3v) is 7.06. The molecule has 0 spiro atoms. The summed E-state index contributed by atoms with van der Waals surface area (Å²) >= 11 is 0. The summed E-state index contributed by atoms with van der Waals surface area (Å²) in [6, 6.07) is 20.8. The van der Waals surface area contributed by atoms with Crippen molar-refractivity contribution in [3.8, 4) is 22.6 Å². The first kappa shape index (κ1) is 29.6. The van der Waals surface area contributed by atoms with Crippen molar-refractivity contribution in [3.63, 3.8) is 0 Å². The van der Waals surface area contributed by atoms with E-state index < -0.39 is 11.9 Å². The van der Waals surface area contributed by atoms with Gasteiger partial charge < -0.3 is 29.5 Å². The van der Waals surface area contributed by atoms with E-state index in [1.807, 2.05) is 60.5 Å². The van der Waals surface area contributed by atoms with Crippen LogP contribution in [0.1, 0.15) is 40.7 Å². The number of likely N-dealkylation sites (N-methyl/N-ethyl adjacent to an activating group) is 1. The van der Waals surface area contributed by atoms with Crippen LogP contribution >= 0.6 is 0 Å². The molecule has 1 heterocycles. The Hall–Kier alpha value is -4.37. The quantitative estimate of drug-likeness (QED) is 0.292. The second-order valence-corrected chi connectivity index (χ2v) is 10.1. The van der Waals surface area contributed by atoms with E-state index in [1.54, 1.807) is 18.2 Å². The van der Waals surface area contributed by atoms with Gasteiger partial charge in [0.25, 0.3) is 5.91 Å². The van der Waals surface area contributed by atoms with Gasteiger partial charge in [0.2, 0.25) is 0 Å². The molecule has 0 aliphatic carbocycles. The van der Waals surface area contributed by atoms with E-state index in [2.05, 4.69) is 4.90 Å². The molecular weight excluding hydrogens is 524 g/mol. The summed E-state index contributed by atoms with van der Waals surface area (Å²) in [6.07, 6.45) is 0.473. The monoisotopic (exact) mass is 560 g/mol. The molecule has 0 bridgehead atoms. The third-order valence-electron chi connectivity index (χ3n) is 7.06. The van der Waals surface area contributed by atoms with E-state index in [0.29, 0.717) is 42.1 Å². The predicted molar refractivity (Wildman–Crippen MR) is 154 cm³/mol. The number of piperazine rings is 1. The summed E-state index contributed by atoms with van der Waals surface area (Å²) < 4.78 is 12.1. The molecule has 3 aromatic rings. The molecule has 41 heavy (non-hydrogen) atoms. The molecule has 0 atom stereocenters. The Bertz CT molecular complexity index is 1350.